The minimum atomic E-state index is -0.278. The van der Waals surface area contributed by atoms with Gasteiger partial charge < -0.3 is 9.64 Å². The van der Waals surface area contributed by atoms with E-state index in [4.69, 9.17) is 4.74 Å². The maximum absolute atomic E-state index is 13.0. The monoisotopic (exact) mass is 353 g/mol. The number of hydrogen-bond acceptors (Lipinski definition) is 3. The number of carbonyl (C=O) groups is 1. The number of hydrogen-bond donors (Lipinski definition) is 0. The molecule has 0 spiro atoms. The van der Waals surface area contributed by atoms with Crippen LogP contribution in [-0.4, -0.2) is 40.1 Å². The van der Waals surface area contributed by atoms with Gasteiger partial charge in [-0.3, -0.25) is 4.79 Å². The quantitative estimate of drug-likeness (QED) is 0.722. The second-order valence-electron chi connectivity index (χ2n) is 6.61. The van der Waals surface area contributed by atoms with Gasteiger partial charge >= 0.3 is 0 Å². The van der Waals surface area contributed by atoms with E-state index in [-0.39, 0.29) is 17.6 Å². The third-order valence-corrected chi connectivity index (χ3v) is 4.76. The summed E-state index contributed by atoms with van der Waals surface area (Å²) in [5.41, 5.74) is 1.45. The molecule has 0 unspecified atom stereocenters. The molecule has 3 aromatic rings. The zero-order valence-electron chi connectivity index (χ0n) is 14.3. The van der Waals surface area contributed by atoms with E-state index < -0.39 is 0 Å². The highest BCUT2D eigenvalue weighted by molar-refractivity contribution is 6.00. The van der Waals surface area contributed by atoms with E-state index in [1.54, 1.807) is 22.8 Å². The number of pyridine rings is 1. The van der Waals surface area contributed by atoms with Crippen LogP contribution in [0.2, 0.25) is 0 Å². The van der Waals surface area contributed by atoms with Crippen molar-refractivity contribution in [2.75, 3.05) is 19.7 Å². The van der Waals surface area contributed by atoms with E-state index in [0.29, 0.717) is 24.5 Å². The molecule has 5 nitrogen and oxygen atoms in total. The van der Waals surface area contributed by atoms with Crippen molar-refractivity contribution in [2.45, 2.75) is 12.8 Å². The summed E-state index contributed by atoms with van der Waals surface area (Å²) >= 11 is 0. The molecule has 1 aliphatic rings. The number of likely N-dealkylation sites (tertiary alicyclic amines) is 1. The van der Waals surface area contributed by atoms with E-state index in [1.807, 2.05) is 29.3 Å². The number of benzene rings is 1. The van der Waals surface area contributed by atoms with Gasteiger partial charge in [0.2, 0.25) is 0 Å². The number of aromatic nitrogens is 2. The molecule has 1 aromatic carbocycles. The van der Waals surface area contributed by atoms with E-state index in [9.17, 15) is 9.18 Å². The van der Waals surface area contributed by atoms with Gasteiger partial charge in [0.05, 0.1) is 23.9 Å². The summed E-state index contributed by atoms with van der Waals surface area (Å²) in [4.78, 5) is 14.8. The van der Waals surface area contributed by atoms with E-state index in [0.717, 1.165) is 24.9 Å². The van der Waals surface area contributed by atoms with E-state index >= 15 is 0 Å². The van der Waals surface area contributed by atoms with E-state index in [1.165, 1.54) is 12.1 Å². The summed E-state index contributed by atoms with van der Waals surface area (Å²) in [6, 6.07) is 11.7. The van der Waals surface area contributed by atoms with Crippen LogP contribution in [0, 0.1) is 11.7 Å². The number of rotatable bonds is 4. The molecular weight excluding hydrogens is 333 g/mol. The highest BCUT2D eigenvalue weighted by Crippen LogP contribution is 2.22. The number of amides is 1. The Morgan fingerprint density at radius 2 is 2.08 bits per heavy atom. The lowest BCUT2D eigenvalue weighted by atomic mass is 9.98. The fraction of sp³-hybridized carbons (Fsp3) is 0.300. The summed E-state index contributed by atoms with van der Waals surface area (Å²) in [6.45, 7) is 1.92. The van der Waals surface area contributed by atoms with Gasteiger partial charge in [0.1, 0.15) is 11.6 Å². The Morgan fingerprint density at radius 1 is 1.23 bits per heavy atom. The highest BCUT2D eigenvalue weighted by Gasteiger charge is 2.26. The zero-order valence-corrected chi connectivity index (χ0v) is 14.3. The van der Waals surface area contributed by atoms with Crippen molar-refractivity contribution >= 4 is 11.4 Å². The Hall–Kier alpha value is -2.89. The fourth-order valence-electron chi connectivity index (χ4n) is 3.40. The van der Waals surface area contributed by atoms with Crippen LogP contribution in [0.3, 0.4) is 0 Å². The largest absolute Gasteiger partial charge is 0.493 e. The summed E-state index contributed by atoms with van der Waals surface area (Å²) in [7, 11) is 0. The molecule has 1 amide bonds. The van der Waals surface area contributed by atoms with Crippen LogP contribution in [0.15, 0.2) is 54.9 Å². The van der Waals surface area contributed by atoms with Gasteiger partial charge in [-0.25, -0.2) is 8.91 Å². The molecule has 1 atom stereocenters. The summed E-state index contributed by atoms with van der Waals surface area (Å²) < 4.78 is 20.4. The second kappa shape index (κ2) is 7.15. The minimum absolute atomic E-state index is 0.0117. The lowest BCUT2D eigenvalue weighted by Gasteiger charge is -2.32. The predicted octanol–water partition coefficient (Wildman–Crippen LogP) is 3.40. The molecule has 2 aromatic heterocycles. The SMILES string of the molecule is O=C(c1cnn2ccccc12)N1CCC[C@H](COc2ccc(F)cc2)C1. The highest BCUT2D eigenvalue weighted by atomic mass is 19.1. The normalized spacial score (nSPS) is 17.4. The van der Waals surface area contributed by atoms with Crippen LogP contribution in [0.5, 0.6) is 5.75 Å². The molecule has 1 saturated heterocycles. The first kappa shape index (κ1) is 16.6. The summed E-state index contributed by atoms with van der Waals surface area (Å²) in [5, 5.41) is 4.25. The molecule has 0 bridgehead atoms. The van der Waals surface area contributed by atoms with Crippen LogP contribution in [0.1, 0.15) is 23.2 Å². The van der Waals surface area contributed by atoms with Crippen molar-refractivity contribution in [2.24, 2.45) is 5.92 Å². The van der Waals surface area contributed by atoms with Crippen LogP contribution in [0.25, 0.3) is 5.52 Å². The third-order valence-electron chi connectivity index (χ3n) is 4.76. The topological polar surface area (TPSA) is 46.8 Å². The summed E-state index contributed by atoms with van der Waals surface area (Å²) in [6.07, 6.45) is 5.43. The summed E-state index contributed by atoms with van der Waals surface area (Å²) in [5.74, 6) is 0.648. The number of halogens is 1. The minimum Gasteiger partial charge on any atom is -0.493 e. The lowest BCUT2D eigenvalue weighted by molar-refractivity contribution is 0.0635. The molecule has 3 heterocycles. The van der Waals surface area contributed by atoms with Crippen LogP contribution in [0.4, 0.5) is 4.39 Å². The number of nitrogens with zero attached hydrogens (tertiary/aromatic N) is 3. The Morgan fingerprint density at radius 3 is 2.92 bits per heavy atom. The average Bonchev–Trinajstić information content (AvgIpc) is 3.11. The van der Waals surface area contributed by atoms with Gasteiger partial charge in [-0.1, -0.05) is 6.07 Å². The fourth-order valence-corrected chi connectivity index (χ4v) is 3.40. The van der Waals surface area contributed by atoms with Gasteiger partial charge in [0.15, 0.2) is 0 Å². The molecule has 1 aliphatic heterocycles. The van der Waals surface area contributed by atoms with Crippen LogP contribution < -0.4 is 4.74 Å². The lowest BCUT2D eigenvalue weighted by Crippen LogP contribution is -2.41. The molecule has 6 heteroatoms. The number of ether oxygens (including phenoxy) is 1. The number of fused-ring (bicyclic) bond motifs is 1. The molecule has 0 radical (unpaired) electrons. The molecule has 4 rings (SSSR count). The molecule has 0 saturated carbocycles. The van der Waals surface area contributed by atoms with Crippen molar-refractivity contribution in [3.8, 4) is 5.75 Å². The maximum atomic E-state index is 13.0. The van der Waals surface area contributed by atoms with Crippen molar-refractivity contribution in [1.82, 2.24) is 14.5 Å². The number of carbonyl (C=O) groups excluding carboxylic acids is 1. The Bertz CT molecular complexity index is 907. The number of piperidine rings is 1. The molecule has 26 heavy (non-hydrogen) atoms. The third kappa shape index (κ3) is 3.40. The maximum Gasteiger partial charge on any atom is 0.257 e. The van der Waals surface area contributed by atoms with Crippen molar-refractivity contribution in [1.29, 1.82) is 0 Å². The van der Waals surface area contributed by atoms with Gasteiger partial charge in [0.25, 0.3) is 5.91 Å². The van der Waals surface area contributed by atoms with Crippen molar-refractivity contribution in [3.63, 3.8) is 0 Å². The van der Waals surface area contributed by atoms with Gasteiger partial charge in [-0.15, -0.1) is 0 Å². The van der Waals surface area contributed by atoms with Crippen LogP contribution >= 0.6 is 0 Å². The molecule has 134 valence electrons. The Kier molecular flexibility index (Phi) is 4.56. The first-order valence-corrected chi connectivity index (χ1v) is 8.81. The molecule has 0 aliphatic carbocycles. The van der Waals surface area contributed by atoms with Gasteiger partial charge in [-0.05, 0) is 49.2 Å². The second-order valence-corrected chi connectivity index (χ2v) is 6.61. The molecular formula is C20H20FN3O2. The van der Waals surface area contributed by atoms with E-state index in [2.05, 4.69) is 5.10 Å². The standard InChI is InChI=1S/C20H20FN3O2/c21-16-6-8-17(9-7-16)26-14-15-4-3-10-23(13-15)20(25)18-12-22-24-11-2-1-5-19(18)24/h1-2,5-9,11-12,15H,3-4,10,13-14H2/t15-/m0/s1. The average molecular weight is 353 g/mol. The van der Waals surface area contributed by atoms with Gasteiger partial charge in [0, 0.05) is 25.2 Å². The van der Waals surface area contributed by atoms with Crippen molar-refractivity contribution in [3.05, 3.63) is 66.2 Å². The molecule has 1 fully saturated rings. The zero-order chi connectivity index (χ0) is 17.9. The van der Waals surface area contributed by atoms with Crippen LogP contribution in [-0.2, 0) is 0 Å². The Balaban J connectivity index is 1.41. The van der Waals surface area contributed by atoms with Crippen molar-refractivity contribution < 1.29 is 13.9 Å². The Labute approximate surface area is 151 Å². The van der Waals surface area contributed by atoms with Gasteiger partial charge in [-0.2, -0.15) is 5.10 Å². The first-order valence-electron chi connectivity index (χ1n) is 8.81. The predicted molar refractivity (Wildman–Crippen MR) is 95.7 cm³/mol. The smallest absolute Gasteiger partial charge is 0.257 e. The first-order chi connectivity index (χ1) is 12.7. The molecule has 0 N–H and O–H groups in total.